The molecule has 0 spiro atoms. The molecule has 2 aromatic rings. The third-order valence-electron chi connectivity index (χ3n) is 2.88. The van der Waals surface area contributed by atoms with Crippen LogP contribution in [0.2, 0.25) is 0 Å². The number of nitrogens with two attached hydrogens (primary N) is 1. The molecular formula is C14H18N2O. The zero-order chi connectivity index (χ0) is 12.3. The Morgan fingerprint density at radius 3 is 2.76 bits per heavy atom. The van der Waals surface area contributed by atoms with Gasteiger partial charge >= 0.3 is 0 Å². The van der Waals surface area contributed by atoms with Gasteiger partial charge < -0.3 is 15.1 Å². The van der Waals surface area contributed by atoms with E-state index in [2.05, 4.69) is 24.8 Å². The fraction of sp³-hybridized carbons (Fsp3) is 0.286. The van der Waals surface area contributed by atoms with E-state index in [1.807, 2.05) is 24.3 Å². The van der Waals surface area contributed by atoms with Crippen molar-refractivity contribution >= 4 is 11.4 Å². The van der Waals surface area contributed by atoms with E-state index in [9.17, 15) is 0 Å². The summed E-state index contributed by atoms with van der Waals surface area (Å²) in [5.74, 6) is 0.966. The van der Waals surface area contributed by atoms with Crippen molar-refractivity contribution < 1.29 is 4.42 Å². The zero-order valence-electron chi connectivity index (χ0n) is 10.3. The second-order valence-electron chi connectivity index (χ2n) is 4.14. The summed E-state index contributed by atoms with van der Waals surface area (Å²) < 4.78 is 5.38. The smallest absolute Gasteiger partial charge is 0.123 e. The molecule has 0 radical (unpaired) electrons. The van der Waals surface area contributed by atoms with Crippen molar-refractivity contribution in [3.05, 3.63) is 47.9 Å². The van der Waals surface area contributed by atoms with Crippen molar-refractivity contribution in [3.8, 4) is 0 Å². The quantitative estimate of drug-likeness (QED) is 0.820. The number of aryl methyl sites for hydroxylation is 1. The second-order valence-corrected chi connectivity index (χ2v) is 4.14. The number of nitrogens with zero attached hydrogens (tertiary/aromatic N) is 1. The van der Waals surface area contributed by atoms with Gasteiger partial charge in [0.25, 0.3) is 0 Å². The molecule has 2 rings (SSSR count). The molecule has 0 aliphatic heterocycles. The highest BCUT2D eigenvalue weighted by molar-refractivity contribution is 5.60. The van der Waals surface area contributed by atoms with Crippen LogP contribution >= 0.6 is 0 Å². The summed E-state index contributed by atoms with van der Waals surface area (Å²) in [5.41, 5.74) is 9.04. The molecule has 1 aromatic heterocycles. The van der Waals surface area contributed by atoms with Crippen LogP contribution in [0.1, 0.15) is 18.2 Å². The average Bonchev–Trinajstić information content (AvgIpc) is 2.82. The molecule has 0 aliphatic carbocycles. The molecule has 0 amide bonds. The maximum absolute atomic E-state index is 5.84. The highest BCUT2D eigenvalue weighted by atomic mass is 16.3. The Morgan fingerprint density at radius 1 is 1.29 bits per heavy atom. The average molecular weight is 230 g/mol. The highest BCUT2D eigenvalue weighted by Crippen LogP contribution is 2.24. The first-order valence-corrected chi connectivity index (χ1v) is 5.84. The molecule has 17 heavy (non-hydrogen) atoms. The highest BCUT2D eigenvalue weighted by Gasteiger charge is 2.09. The number of furan rings is 1. The first-order chi connectivity index (χ1) is 8.20. The lowest BCUT2D eigenvalue weighted by atomic mass is 10.1. The van der Waals surface area contributed by atoms with Crippen LogP contribution < -0.4 is 10.6 Å². The fourth-order valence-electron chi connectivity index (χ4n) is 1.93. The third-order valence-corrected chi connectivity index (χ3v) is 2.88. The Morgan fingerprint density at radius 2 is 2.12 bits per heavy atom. The number of nitrogen functional groups attached to an aromatic ring is 1. The number of anilines is 2. The van der Waals surface area contributed by atoms with Gasteiger partial charge in [-0.25, -0.2) is 0 Å². The predicted octanol–water partition coefficient (Wildman–Crippen LogP) is 3.20. The molecule has 3 nitrogen and oxygen atoms in total. The molecular weight excluding hydrogens is 212 g/mol. The number of hydrogen-bond acceptors (Lipinski definition) is 3. The fourth-order valence-corrected chi connectivity index (χ4v) is 1.93. The molecule has 2 N–H and O–H groups in total. The lowest BCUT2D eigenvalue weighted by molar-refractivity contribution is 0.503. The van der Waals surface area contributed by atoms with Crippen LogP contribution in [0.5, 0.6) is 0 Å². The first kappa shape index (κ1) is 11.6. The van der Waals surface area contributed by atoms with Crippen LogP contribution in [-0.2, 0) is 6.54 Å². The Balaban J connectivity index is 2.25. The Hall–Kier alpha value is -1.90. The van der Waals surface area contributed by atoms with Crippen molar-refractivity contribution in [1.29, 1.82) is 0 Å². The summed E-state index contributed by atoms with van der Waals surface area (Å²) in [5, 5.41) is 0. The Kier molecular flexibility index (Phi) is 3.38. The van der Waals surface area contributed by atoms with Gasteiger partial charge in [0.15, 0.2) is 0 Å². The molecule has 1 heterocycles. The van der Waals surface area contributed by atoms with Gasteiger partial charge in [-0.15, -0.1) is 0 Å². The molecule has 3 heteroatoms. The third kappa shape index (κ3) is 2.61. The van der Waals surface area contributed by atoms with Gasteiger partial charge in [0.1, 0.15) is 5.76 Å². The van der Waals surface area contributed by atoms with E-state index in [-0.39, 0.29) is 0 Å². The normalized spacial score (nSPS) is 10.5. The molecule has 0 saturated carbocycles. The molecule has 0 bridgehead atoms. The van der Waals surface area contributed by atoms with Gasteiger partial charge in [-0.2, -0.15) is 0 Å². The van der Waals surface area contributed by atoms with E-state index in [0.717, 1.165) is 24.5 Å². The van der Waals surface area contributed by atoms with Crippen molar-refractivity contribution in [2.45, 2.75) is 20.4 Å². The lowest BCUT2D eigenvalue weighted by Crippen LogP contribution is -2.22. The van der Waals surface area contributed by atoms with Gasteiger partial charge in [0, 0.05) is 17.9 Å². The molecule has 90 valence electrons. The summed E-state index contributed by atoms with van der Waals surface area (Å²) in [6, 6.07) is 9.90. The molecule has 0 unspecified atom stereocenters. The van der Waals surface area contributed by atoms with Crippen molar-refractivity contribution in [1.82, 2.24) is 0 Å². The summed E-state index contributed by atoms with van der Waals surface area (Å²) in [7, 11) is 0. The minimum atomic E-state index is 0.772. The molecule has 0 saturated heterocycles. The van der Waals surface area contributed by atoms with Crippen LogP contribution in [0.3, 0.4) is 0 Å². The van der Waals surface area contributed by atoms with Crippen LogP contribution in [0.4, 0.5) is 11.4 Å². The monoisotopic (exact) mass is 230 g/mol. The number of rotatable bonds is 4. The van der Waals surface area contributed by atoms with Gasteiger partial charge in [-0.05, 0) is 43.7 Å². The lowest BCUT2D eigenvalue weighted by Gasteiger charge is -2.24. The van der Waals surface area contributed by atoms with Crippen LogP contribution in [-0.4, -0.2) is 6.54 Å². The summed E-state index contributed by atoms with van der Waals surface area (Å²) in [6.45, 7) is 5.92. The van der Waals surface area contributed by atoms with Gasteiger partial charge in [-0.1, -0.05) is 6.07 Å². The van der Waals surface area contributed by atoms with Gasteiger partial charge in [-0.3, -0.25) is 0 Å². The van der Waals surface area contributed by atoms with E-state index < -0.39 is 0 Å². The molecule has 0 aliphatic rings. The first-order valence-electron chi connectivity index (χ1n) is 5.84. The number of benzene rings is 1. The molecule has 0 atom stereocenters. The van der Waals surface area contributed by atoms with Gasteiger partial charge in [0.05, 0.1) is 12.8 Å². The van der Waals surface area contributed by atoms with E-state index in [1.54, 1.807) is 6.26 Å². The summed E-state index contributed by atoms with van der Waals surface area (Å²) in [6.07, 6.45) is 1.70. The summed E-state index contributed by atoms with van der Waals surface area (Å²) >= 11 is 0. The maximum Gasteiger partial charge on any atom is 0.123 e. The maximum atomic E-state index is 5.84. The van der Waals surface area contributed by atoms with Crippen LogP contribution in [0, 0.1) is 6.92 Å². The van der Waals surface area contributed by atoms with Gasteiger partial charge in [0.2, 0.25) is 0 Å². The standard InChI is InChI=1S/C14H18N2O/c1-3-16(10-13-5-4-8-17-13)14-9-12(15)7-6-11(14)2/h4-9H,3,10,15H2,1-2H3. The SMILES string of the molecule is CCN(Cc1ccco1)c1cc(N)ccc1C. The van der Waals surface area contributed by atoms with Crippen molar-refractivity contribution in [2.24, 2.45) is 0 Å². The second kappa shape index (κ2) is 4.95. The Bertz CT molecular complexity index is 477. The Labute approximate surface area is 102 Å². The molecule has 1 aromatic carbocycles. The predicted molar refractivity (Wildman–Crippen MR) is 71.0 cm³/mol. The molecule has 0 fully saturated rings. The topological polar surface area (TPSA) is 42.4 Å². The number of hydrogen-bond donors (Lipinski definition) is 1. The van der Waals surface area contributed by atoms with Crippen LogP contribution in [0.15, 0.2) is 41.0 Å². The largest absolute Gasteiger partial charge is 0.467 e. The van der Waals surface area contributed by atoms with E-state index >= 15 is 0 Å². The van der Waals surface area contributed by atoms with E-state index in [1.165, 1.54) is 11.3 Å². The van der Waals surface area contributed by atoms with Crippen LogP contribution in [0.25, 0.3) is 0 Å². The zero-order valence-corrected chi connectivity index (χ0v) is 10.3. The van der Waals surface area contributed by atoms with Crippen molar-refractivity contribution in [2.75, 3.05) is 17.2 Å². The van der Waals surface area contributed by atoms with E-state index in [4.69, 9.17) is 10.2 Å². The summed E-state index contributed by atoms with van der Waals surface area (Å²) in [4.78, 5) is 2.25. The minimum absolute atomic E-state index is 0.772. The minimum Gasteiger partial charge on any atom is -0.467 e. The van der Waals surface area contributed by atoms with Crippen molar-refractivity contribution in [3.63, 3.8) is 0 Å². The van der Waals surface area contributed by atoms with E-state index in [0.29, 0.717) is 0 Å².